The summed E-state index contributed by atoms with van der Waals surface area (Å²) >= 11 is 0. The van der Waals surface area contributed by atoms with E-state index in [1.807, 2.05) is 25.1 Å². The zero-order valence-corrected chi connectivity index (χ0v) is 9.00. The third-order valence-electron chi connectivity index (χ3n) is 1.73. The van der Waals surface area contributed by atoms with Crippen molar-refractivity contribution >= 4 is 5.91 Å². The van der Waals surface area contributed by atoms with E-state index in [9.17, 15) is 4.79 Å². The van der Waals surface area contributed by atoms with E-state index in [1.54, 1.807) is 0 Å². The highest BCUT2D eigenvalue weighted by Crippen LogP contribution is 1.95. The third-order valence-corrected chi connectivity index (χ3v) is 1.73. The number of carbonyl (C=O) groups is 1. The highest BCUT2D eigenvalue weighted by Gasteiger charge is 1.89. The largest absolute Gasteiger partial charge is 0.355 e. The Bertz CT molecular complexity index is 402. The lowest BCUT2D eigenvalue weighted by Crippen LogP contribution is -2.20. The van der Waals surface area contributed by atoms with E-state index in [-0.39, 0.29) is 5.91 Å². The van der Waals surface area contributed by atoms with Gasteiger partial charge >= 0.3 is 0 Å². The van der Waals surface area contributed by atoms with Crippen LogP contribution in [0, 0.1) is 18.8 Å². The monoisotopic (exact) mass is 202 g/mol. The topological polar surface area (TPSA) is 42.0 Å². The molecule has 78 valence electrons. The fraction of sp³-hybridized carbons (Fsp3) is 0.333. The molecule has 3 heteroatoms. The molecular weight excluding hydrogens is 188 g/mol. The van der Waals surface area contributed by atoms with Crippen LogP contribution in [0.1, 0.15) is 24.7 Å². The Morgan fingerprint density at radius 1 is 1.53 bits per heavy atom. The van der Waals surface area contributed by atoms with Crippen molar-refractivity contribution in [2.24, 2.45) is 0 Å². The zero-order chi connectivity index (χ0) is 11.1. The molecule has 1 amide bonds. The second kappa shape index (κ2) is 5.82. The minimum absolute atomic E-state index is 0.0227. The molecule has 1 N–H and O–H groups in total. The fourth-order valence-electron chi connectivity index (χ4n) is 1.07. The van der Waals surface area contributed by atoms with Crippen LogP contribution in [-0.2, 0) is 4.79 Å². The van der Waals surface area contributed by atoms with Crippen LogP contribution < -0.4 is 5.32 Å². The van der Waals surface area contributed by atoms with E-state index in [0.717, 1.165) is 11.4 Å². The molecule has 0 fully saturated rings. The fourth-order valence-corrected chi connectivity index (χ4v) is 1.07. The number of aryl methyl sites for hydroxylation is 1. The van der Waals surface area contributed by atoms with Gasteiger partial charge in [-0.15, -0.1) is 0 Å². The molecule has 15 heavy (non-hydrogen) atoms. The van der Waals surface area contributed by atoms with Gasteiger partial charge in [-0.05, 0) is 25.0 Å². The number of pyridine rings is 1. The smallest absolute Gasteiger partial charge is 0.216 e. The Labute approximate surface area is 89.9 Å². The normalized spacial score (nSPS) is 8.93. The van der Waals surface area contributed by atoms with Crippen LogP contribution >= 0.6 is 0 Å². The van der Waals surface area contributed by atoms with Crippen molar-refractivity contribution in [3.8, 4) is 11.8 Å². The van der Waals surface area contributed by atoms with Crippen LogP contribution in [0.15, 0.2) is 18.2 Å². The first-order valence-corrected chi connectivity index (χ1v) is 4.85. The molecule has 0 bridgehead atoms. The van der Waals surface area contributed by atoms with Gasteiger partial charge in [0.05, 0.1) is 0 Å². The summed E-state index contributed by atoms with van der Waals surface area (Å²) in [7, 11) is 0. The maximum Gasteiger partial charge on any atom is 0.216 e. The van der Waals surface area contributed by atoms with Crippen molar-refractivity contribution in [1.82, 2.24) is 10.3 Å². The number of hydrogen-bond acceptors (Lipinski definition) is 2. The van der Waals surface area contributed by atoms with Gasteiger partial charge < -0.3 is 5.32 Å². The van der Waals surface area contributed by atoms with Gasteiger partial charge in [0.15, 0.2) is 0 Å². The maximum atomic E-state index is 10.5. The summed E-state index contributed by atoms with van der Waals surface area (Å²) in [6.45, 7) is 4.02. The molecule has 0 saturated carbocycles. The predicted molar refractivity (Wildman–Crippen MR) is 59.2 cm³/mol. The van der Waals surface area contributed by atoms with Crippen molar-refractivity contribution < 1.29 is 4.79 Å². The Morgan fingerprint density at radius 3 is 3.00 bits per heavy atom. The van der Waals surface area contributed by atoms with Gasteiger partial charge in [-0.2, -0.15) is 0 Å². The molecule has 0 atom stereocenters. The Balaban J connectivity index is 2.41. The van der Waals surface area contributed by atoms with Crippen LogP contribution in [0.2, 0.25) is 0 Å². The van der Waals surface area contributed by atoms with E-state index >= 15 is 0 Å². The molecule has 0 unspecified atom stereocenters. The molecule has 0 aromatic carbocycles. The number of hydrogen-bond donors (Lipinski definition) is 1. The van der Waals surface area contributed by atoms with Gasteiger partial charge in [0, 0.05) is 25.6 Å². The van der Waals surface area contributed by atoms with Crippen molar-refractivity contribution in [3.05, 3.63) is 29.6 Å². The van der Waals surface area contributed by atoms with E-state index in [0.29, 0.717) is 13.0 Å². The first-order chi connectivity index (χ1) is 7.18. The van der Waals surface area contributed by atoms with E-state index in [4.69, 9.17) is 0 Å². The van der Waals surface area contributed by atoms with Crippen molar-refractivity contribution in [3.63, 3.8) is 0 Å². The number of nitrogens with zero attached hydrogens (tertiary/aromatic N) is 1. The Morgan fingerprint density at radius 2 is 2.33 bits per heavy atom. The second-order valence-electron chi connectivity index (χ2n) is 3.20. The summed E-state index contributed by atoms with van der Waals surface area (Å²) in [5.74, 6) is 5.88. The molecule has 1 aromatic heterocycles. The lowest BCUT2D eigenvalue weighted by molar-refractivity contribution is -0.118. The third kappa shape index (κ3) is 4.82. The standard InChI is InChI=1S/C12H14N2O/c1-10-6-5-8-12(14-10)7-3-4-9-13-11(2)15/h5-6,8H,4,9H2,1-2H3,(H,13,15). The number of rotatable bonds is 2. The second-order valence-corrected chi connectivity index (χ2v) is 3.20. The Kier molecular flexibility index (Phi) is 4.36. The average molecular weight is 202 g/mol. The Hall–Kier alpha value is -1.82. The number of nitrogens with one attached hydrogen (secondary N) is 1. The van der Waals surface area contributed by atoms with Crippen LogP contribution in [-0.4, -0.2) is 17.4 Å². The van der Waals surface area contributed by atoms with E-state index in [1.165, 1.54) is 6.92 Å². The van der Waals surface area contributed by atoms with Gasteiger partial charge in [0.1, 0.15) is 5.69 Å². The molecule has 0 saturated heterocycles. The SMILES string of the molecule is CC(=O)NCCC#Cc1cccc(C)n1. The summed E-state index contributed by atoms with van der Waals surface area (Å²) < 4.78 is 0. The molecule has 0 radical (unpaired) electrons. The van der Waals surface area contributed by atoms with Crippen LogP contribution in [0.3, 0.4) is 0 Å². The summed E-state index contributed by atoms with van der Waals surface area (Å²) in [6, 6.07) is 5.74. The predicted octanol–water partition coefficient (Wildman–Crippen LogP) is 1.27. The van der Waals surface area contributed by atoms with Gasteiger partial charge in [-0.1, -0.05) is 12.0 Å². The summed E-state index contributed by atoms with van der Waals surface area (Å²) in [4.78, 5) is 14.8. The van der Waals surface area contributed by atoms with Gasteiger partial charge in [-0.3, -0.25) is 4.79 Å². The lowest BCUT2D eigenvalue weighted by atomic mass is 10.3. The van der Waals surface area contributed by atoms with Crippen molar-refractivity contribution in [1.29, 1.82) is 0 Å². The molecule has 0 aliphatic heterocycles. The van der Waals surface area contributed by atoms with Gasteiger partial charge in [0.25, 0.3) is 0 Å². The molecule has 0 spiro atoms. The molecule has 0 aliphatic carbocycles. The lowest BCUT2D eigenvalue weighted by Gasteiger charge is -1.95. The zero-order valence-electron chi connectivity index (χ0n) is 9.00. The maximum absolute atomic E-state index is 10.5. The molecular formula is C12H14N2O. The summed E-state index contributed by atoms with van der Waals surface area (Å²) in [5, 5.41) is 2.68. The van der Waals surface area contributed by atoms with Crippen LogP contribution in [0.25, 0.3) is 0 Å². The van der Waals surface area contributed by atoms with E-state index in [2.05, 4.69) is 22.1 Å². The average Bonchev–Trinajstić information content (AvgIpc) is 2.17. The number of carbonyl (C=O) groups excluding carboxylic acids is 1. The highest BCUT2D eigenvalue weighted by atomic mass is 16.1. The van der Waals surface area contributed by atoms with E-state index < -0.39 is 0 Å². The number of amides is 1. The highest BCUT2D eigenvalue weighted by molar-refractivity contribution is 5.72. The van der Waals surface area contributed by atoms with Crippen LogP contribution in [0.5, 0.6) is 0 Å². The molecule has 1 aromatic rings. The van der Waals surface area contributed by atoms with Crippen molar-refractivity contribution in [2.75, 3.05) is 6.54 Å². The summed E-state index contributed by atoms with van der Waals surface area (Å²) in [6.07, 6.45) is 0.648. The minimum atomic E-state index is -0.0227. The number of aromatic nitrogens is 1. The first-order valence-electron chi connectivity index (χ1n) is 4.85. The molecule has 1 heterocycles. The minimum Gasteiger partial charge on any atom is -0.355 e. The van der Waals surface area contributed by atoms with Gasteiger partial charge in [0.2, 0.25) is 5.91 Å². The summed E-state index contributed by atoms with van der Waals surface area (Å²) in [5.41, 5.74) is 1.74. The molecule has 3 nitrogen and oxygen atoms in total. The molecule has 0 aliphatic rings. The van der Waals surface area contributed by atoms with Crippen molar-refractivity contribution in [2.45, 2.75) is 20.3 Å². The van der Waals surface area contributed by atoms with Gasteiger partial charge in [-0.25, -0.2) is 4.98 Å². The molecule has 1 rings (SSSR count). The van der Waals surface area contributed by atoms with Crippen LogP contribution in [0.4, 0.5) is 0 Å². The quantitative estimate of drug-likeness (QED) is 0.579. The first kappa shape index (κ1) is 11.3.